The zero-order chi connectivity index (χ0) is 21.5. The Morgan fingerprint density at radius 3 is 2.53 bits per heavy atom. The Bertz CT molecular complexity index is 1020. The molecule has 0 amide bonds. The molecule has 0 unspecified atom stereocenters. The zero-order valence-corrected chi connectivity index (χ0v) is 18.0. The van der Waals surface area contributed by atoms with Gasteiger partial charge >= 0.3 is 0 Å². The Kier molecular flexibility index (Phi) is 7.07. The van der Waals surface area contributed by atoms with Gasteiger partial charge in [0.1, 0.15) is 23.8 Å². The van der Waals surface area contributed by atoms with Crippen LogP contribution < -0.4 is 9.47 Å². The maximum atomic E-state index is 12.3. The molecule has 0 atom stereocenters. The Morgan fingerprint density at radius 1 is 1.13 bits per heavy atom. The molecule has 0 aliphatic rings. The van der Waals surface area contributed by atoms with E-state index in [9.17, 15) is 4.79 Å². The minimum Gasteiger partial charge on any atom is -0.496 e. The maximum absolute atomic E-state index is 12.3. The number of ketones is 1. The standard InChI is InChI=1S/C25H28N2O3/c1-5-27-15-14-23(26-27)24(28)12-6-19-7-13-25(29-4)21(16-19)17-30-22-10-8-20(9-11-22)18(2)3/h6-16,18H,5,17H2,1-4H3/b12-6+. The normalized spacial score (nSPS) is 11.2. The van der Waals surface area contributed by atoms with Gasteiger partial charge in [0, 0.05) is 18.3 Å². The molecule has 3 rings (SSSR count). The van der Waals surface area contributed by atoms with Crippen molar-refractivity contribution in [2.45, 2.75) is 39.8 Å². The highest BCUT2D eigenvalue weighted by Crippen LogP contribution is 2.24. The van der Waals surface area contributed by atoms with Gasteiger partial charge in [0.05, 0.1) is 7.11 Å². The van der Waals surface area contributed by atoms with Crippen LogP contribution in [0.4, 0.5) is 0 Å². The summed E-state index contributed by atoms with van der Waals surface area (Å²) in [5.41, 5.74) is 3.53. The highest BCUT2D eigenvalue weighted by atomic mass is 16.5. The Labute approximate surface area is 178 Å². The van der Waals surface area contributed by atoms with E-state index in [2.05, 4.69) is 31.1 Å². The number of ether oxygens (including phenoxy) is 2. The zero-order valence-electron chi connectivity index (χ0n) is 18.0. The summed E-state index contributed by atoms with van der Waals surface area (Å²) < 4.78 is 13.1. The van der Waals surface area contributed by atoms with Crippen LogP contribution in [0.25, 0.3) is 6.08 Å². The molecular formula is C25H28N2O3. The fourth-order valence-electron chi connectivity index (χ4n) is 3.05. The molecule has 0 aliphatic heterocycles. The number of benzene rings is 2. The number of hydrogen-bond acceptors (Lipinski definition) is 4. The van der Waals surface area contributed by atoms with E-state index in [4.69, 9.17) is 9.47 Å². The molecule has 5 nitrogen and oxygen atoms in total. The summed E-state index contributed by atoms with van der Waals surface area (Å²) in [4.78, 5) is 12.3. The van der Waals surface area contributed by atoms with E-state index in [0.717, 1.165) is 29.2 Å². The molecule has 0 saturated carbocycles. The van der Waals surface area contributed by atoms with Gasteiger partial charge in [0.2, 0.25) is 5.78 Å². The summed E-state index contributed by atoms with van der Waals surface area (Å²) in [5.74, 6) is 1.92. The van der Waals surface area contributed by atoms with Crippen LogP contribution in [0.5, 0.6) is 11.5 Å². The monoisotopic (exact) mass is 404 g/mol. The fourth-order valence-corrected chi connectivity index (χ4v) is 3.05. The molecule has 5 heteroatoms. The number of aryl methyl sites for hydroxylation is 1. The SMILES string of the molecule is CCn1ccc(C(=O)/C=C/c2ccc(OC)c(COc3ccc(C(C)C)cc3)c2)n1. The van der Waals surface area contributed by atoms with Crippen molar-refractivity contribution >= 4 is 11.9 Å². The molecular weight excluding hydrogens is 376 g/mol. The van der Waals surface area contributed by atoms with Crippen LogP contribution in [0.3, 0.4) is 0 Å². The summed E-state index contributed by atoms with van der Waals surface area (Å²) in [6, 6.07) is 15.6. The third-order valence-electron chi connectivity index (χ3n) is 4.89. The highest BCUT2D eigenvalue weighted by molar-refractivity contribution is 6.05. The minimum atomic E-state index is -0.124. The number of methoxy groups -OCH3 is 1. The van der Waals surface area contributed by atoms with E-state index < -0.39 is 0 Å². The molecule has 0 aliphatic carbocycles. The van der Waals surface area contributed by atoms with Crippen LogP contribution in [0.15, 0.2) is 60.8 Å². The quantitative estimate of drug-likeness (QED) is 0.349. The first-order valence-electron chi connectivity index (χ1n) is 10.2. The van der Waals surface area contributed by atoms with Crippen molar-refractivity contribution in [1.29, 1.82) is 0 Å². The van der Waals surface area contributed by atoms with Crippen molar-refractivity contribution in [2.24, 2.45) is 0 Å². The summed E-state index contributed by atoms with van der Waals surface area (Å²) in [6.07, 6.45) is 5.13. The predicted molar refractivity (Wildman–Crippen MR) is 119 cm³/mol. The topological polar surface area (TPSA) is 53.4 Å². The number of aromatic nitrogens is 2. The van der Waals surface area contributed by atoms with E-state index in [1.165, 1.54) is 5.56 Å². The van der Waals surface area contributed by atoms with E-state index in [0.29, 0.717) is 18.2 Å². The van der Waals surface area contributed by atoms with Gasteiger partial charge in [0.15, 0.2) is 0 Å². The first-order valence-corrected chi connectivity index (χ1v) is 10.2. The number of carbonyl (C=O) groups excluding carboxylic acids is 1. The maximum Gasteiger partial charge on any atom is 0.206 e. The number of rotatable bonds is 9. The van der Waals surface area contributed by atoms with Crippen LogP contribution in [-0.4, -0.2) is 22.7 Å². The van der Waals surface area contributed by atoms with Gasteiger partial charge in [-0.3, -0.25) is 9.48 Å². The van der Waals surface area contributed by atoms with Gasteiger partial charge in [-0.1, -0.05) is 38.1 Å². The smallest absolute Gasteiger partial charge is 0.206 e. The first-order chi connectivity index (χ1) is 14.5. The summed E-state index contributed by atoms with van der Waals surface area (Å²) in [5, 5.41) is 4.24. The van der Waals surface area contributed by atoms with Gasteiger partial charge in [-0.2, -0.15) is 5.10 Å². The first kappa shape index (κ1) is 21.4. The summed E-state index contributed by atoms with van der Waals surface area (Å²) in [7, 11) is 1.64. The molecule has 30 heavy (non-hydrogen) atoms. The lowest BCUT2D eigenvalue weighted by molar-refractivity contribution is 0.104. The van der Waals surface area contributed by atoms with Crippen molar-refractivity contribution in [2.75, 3.05) is 7.11 Å². The van der Waals surface area contributed by atoms with Crippen molar-refractivity contribution in [3.8, 4) is 11.5 Å². The fraction of sp³-hybridized carbons (Fsp3) is 0.280. The van der Waals surface area contributed by atoms with E-state index in [-0.39, 0.29) is 5.78 Å². The second kappa shape index (κ2) is 9.92. The van der Waals surface area contributed by atoms with E-state index in [1.807, 2.05) is 37.3 Å². The van der Waals surface area contributed by atoms with Crippen molar-refractivity contribution in [3.05, 3.63) is 83.2 Å². The van der Waals surface area contributed by atoms with Gasteiger partial charge in [0.25, 0.3) is 0 Å². The molecule has 0 saturated heterocycles. The van der Waals surface area contributed by atoms with E-state index >= 15 is 0 Å². The van der Waals surface area contributed by atoms with Crippen molar-refractivity contribution in [3.63, 3.8) is 0 Å². The lowest BCUT2D eigenvalue weighted by Crippen LogP contribution is -2.00. The number of nitrogens with zero attached hydrogens (tertiary/aromatic N) is 2. The Morgan fingerprint density at radius 2 is 1.90 bits per heavy atom. The third-order valence-corrected chi connectivity index (χ3v) is 4.89. The van der Waals surface area contributed by atoms with Gasteiger partial charge in [-0.25, -0.2) is 0 Å². The van der Waals surface area contributed by atoms with Crippen molar-refractivity contribution in [1.82, 2.24) is 9.78 Å². The number of carbonyl (C=O) groups is 1. The second-order valence-corrected chi connectivity index (χ2v) is 7.34. The Hall–Kier alpha value is -3.34. The van der Waals surface area contributed by atoms with Gasteiger partial charge in [-0.05, 0) is 60.4 Å². The van der Waals surface area contributed by atoms with Crippen LogP contribution in [0, 0.1) is 0 Å². The molecule has 0 radical (unpaired) electrons. The molecule has 156 valence electrons. The number of hydrogen-bond donors (Lipinski definition) is 0. The average molecular weight is 405 g/mol. The van der Waals surface area contributed by atoms with Crippen LogP contribution in [0.2, 0.25) is 0 Å². The minimum absolute atomic E-state index is 0.124. The molecule has 1 aromatic heterocycles. The molecule has 0 N–H and O–H groups in total. The van der Waals surface area contributed by atoms with Gasteiger partial charge < -0.3 is 9.47 Å². The summed E-state index contributed by atoms with van der Waals surface area (Å²) >= 11 is 0. The Balaban J connectivity index is 1.70. The predicted octanol–water partition coefficient (Wildman–Crippen LogP) is 5.51. The highest BCUT2D eigenvalue weighted by Gasteiger charge is 2.08. The molecule has 1 heterocycles. The second-order valence-electron chi connectivity index (χ2n) is 7.34. The largest absolute Gasteiger partial charge is 0.496 e. The van der Waals surface area contributed by atoms with Crippen LogP contribution in [0.1, 0.15) is 53.9 Å². The third kappa shape index (κ3) is 5.38. The molecule has 3 aromatic rings. The van der Waals surface area contributed by atoms with Crippen LogP contribution in [-0.2, 0) is 13.2 Å². The molecule has 2 aromatic carbocycles. The lowest BCUT2D eigenvalue weighted by atomic mass is 10.0. The van der Waals surface area contributed by atoms with Crippen molar-refractivity contribution < 1.29 is 14.3 Å². The molecule has 0 spiro atoms. The molecule has 0 fully saturated rings. The summed E-state index contributed by atoms with van der Waals surface area (Å²) in [6.45, 7) is 7.43. The van der Waals surface area contributed by atoms with Gasteiger partial charge in [-0.15, -0.1) is 0 Å². The average Bonchev–Trinajstić information content (AvgIpc) is 3.26. The lowest BCUT2D eigenvalue weighted by Gasteiger charge is -2.12. The number of allylic oxidation sites excluding steroid dienone is 1. The molecule has 0 bridgehead atoms. The van der Waals surface area contributed by atoms with Crippen LogP contribution >= 0.6 is 0 Å². The van der Waals surface area contributed by atoms with E-state index in [1.54, 1.807) is 36.2 Å².